The van der Waals surface area contributed by atoms with E-state index in [-0.39, 0.29) is 28.6 Å². The van der Waals surface area contributed by atoms with Gasteiger partial charge in [0, 0.05) is 15.8 Å². The Balaban J connectivity index is 1.60. The number of rotatable bonds is 6. The first kappa shape index (κ1) is 26.7. The van der Waals surface area contributed by atoms with Gasteiger partial charge in [0.1, 0.15) is 32.2 Å². The topological polar surface area (TPSA) is 144 Å². The van der Waals surface area contributed by atoms with Crippen molar-refractivity contribution in [3.63, 3.8) is 0 Å². The molecule has 200 valence electrons. The van der Waals surface area contributed by atoms with Gasteiger partial charge in [-0.2, -0.15) is 5.26 Å². The van der Waals surface area contributed by atoms with Gasteiger partial charge in [-0.15, -0.1) is 22.7 Å². The van der Waals surface area contributed by atoms with Crippen LogP contribution in [0.4, 0.5) is 16.5 Å². The molecule has 5 N–H and O–H groups in total. The van der Waals surface area contributed by atoms with E-state index < -0.39 is 11.9 Å². The molecule has 1 aliphatic rings. The van der Waals surface area contributed by atoms with E-state index in [1.54, 1.807) is 6.92 Å². The molecule has 0 aliphatic heterocycles. The van der Waals surface area contributed by atoms with Crippen molar-refractivity contribution in [1.82, 2.24) is 4.98 Å². The Morgan fingerprint density at radius 2 is 1.87 bits per heavy atom. The molecule has 3 heterocycles. The van der Waals surface area contributed by atoms with Crippen LogP contribution in [0.2, 0.25) is 0 Å². The van der Waals surface area contributed by atoms with Gasteiger partial charge >= 0.3 is 5.97 Å². The summed E-state index contributed by atoms with van der Waals surface area (Å²) in [5.74, 6) is -0.452. The second-order valence-electron chi connectivity index (χ2n) is 9.75. The fourth-order valence-electron chi connectivity index (χ4n) is 5.01. The summed E-state index contributed by atoms with van der Waals surface area (Å²) in [5, 5.41) is 13.9. The van der Waals surface area contributed by atoms with Crippen molar-refractivity contribution < 1.29 is 14.3 Å². The number of esters is 1. The molecule has 8 nitrogen and oxygen atoms in total. The maximum absolute atomic E-state index is 13.6. The second-order valence-corrected chi connectivity index (χ2v) is 11.9. The van der Waals surface area contributed by atoms with Crippen LogP contribution in [0.1, 0.15) is 81.1 Å². The predicted octanol–water partition coefficient (Wildman–Crippen LogP) is 6.49. The highest BCUT2D eigenvalue weighted by atomic mass is 32.1. The van der Waals surface area contributed by atoms with Crippen molar-refractivity contribution in [2.75, 3.05) is 23.4 Å². The number of nitrogen functional groups attached to an aromatic ring is 2. The summed E-state index contributed by atoms with van der Waals surface area (Å²) >= 11 is 2.53. The van der Waals surface area contributed by atoms with Gasteiger partial charge in [0.25, 0.3) is 5.91 Å². The fraction of sp³-hybridized carbons (Fsp3) is 0.310. The molecule has 0 radical (unpaired) electrons. The molecule has 10 heteroatoms. The second kappa shape index (κ2) is 10.7. The number of nitrogens with two attached hydrogens (primary N) is 2. The number of ether oxygens (including phenoxy) is 1. The third kappa shape index (κ3) is 4.73. The van der Waals surface area contributed by atoms with E-state index in [1.165, 1.54) is 11.3 Å². The lowest BCUT2D eigenvalue weighted by atomic mass is 9.94. The number of carbonyl (C=O) groups is 2. The van der Waals surface area contributed by atoms with Crippen LogP contribution in [0, 0.1) is 11.3 Å². The van der Waals surface area contributed by atoms with E-state index in [2.05, 4.69) is 30.2 Å². The molecule has 0 spiro atoms. The molecule has 0 unspecified atom stereocenters. The largest absolute Gasteiger partial charge is 0.462 e. The molecule has 3 aromatic heterocycles. The van der Waals surface area contributed by atoms with E-state index in [9.17, 15) is 14.9 Å². The zero-order chi connectivity index (χ0) is 27.8. The molecule has 0 saturated heterocycles. The highest BCUT2D eigenvalue weighted by Crippen LogP contribution is 2.44. The Labute approximate surface area is 234 Å². The number of thiophene rings is 2. The molecule has 0 saturated carbocycles. The number of carbonyl (C=O) groups excluding carboxylic acids is 2. The Hall–Kier alpha value is -3.94. The number of nitrogens with zero attached hydrogens (tertiary/aromatic N) is 2. The lowest BCUT2D eigenvalue weighted by Gasteiger charge is -2.12. The van der Waals surface area contributed by atoms with Crippen LogP contribution in [0.5, 0.6) is 0 Å². The molecule has 0 bridgehead atoms. The number of fused-ring (bicyclic) bond motifs is 2. The Bertz CT molecular complexity index is 1640. The highest BCUT2D eigenvalue weighted by molar-refractivity contribution is 7.21. The molecular weight excluding hydrogens is 530 g/mol. The summed E-state index contributed by atoms with van der Waals surface area (Å²) < 4.78 is 5.32. The van der Waals surface area contributed by atoms with Crippen LogP contribution < -0.4 is 16.8 Å². The minimum absolute atomic E-state index is 0.0803. The standard InChI is InChI=1S/C29H29N5O3S2/c1-4-37-29(36)21-17-7-5-6-8-19(17)38-27(21)34-26(35)24-23(31)22-20(16-11-9-15(10-12-16)14(2)3)18(13-30)25(32)33-28(22)39-24/h9-12,14H,4-8,31H2,1-3H3,(H2,32,33)(H,34,35). The Morgan fingerprint density at radius 1 is 1.15 bits per heavy atom. The average Bonchev–Trinajstić information content (AvgIpc) is 3.44. The van der Waals surface area contributed by atoms with Crippen molar-refractivity contribution in [2.24, 2.45) is 0 Å². The summed E-state index contributed by atoms with van der Waals surface area (Å²) in [7, 11) is 0. The number of benzene rings is 1. The van der Waals surface area contributed by atoms with Crippen molar-refractivity contribution in [3.8, 4) is 17.2 Å². The monoisotopic (exact) mass is 559 g/mol. The van der Waals surface area contributed by atoms with Crippen LogP contribution in [-0.2, 0) is 17.6 Å². The number of nitrogens with one attached hydrogen (secondary N) is 1. The molecule has 1 aliphatic carbocycles. The van der Waals surface area contributed by atoms with Crippen LogP contribution in [-0.4, -0.2) is 23.5 Å². The van der Waals surface area contributed by atoms with Gasteiger partial charge in [-0.1, -0.05) is 38.1 Å². The van der Waals surface area contributed by atoms with Gasteiger partial charge in [-0.05, 0) is 55.2 Å². The zero-order valence-corrected chi connectivity index (χ0v) is 23.6. The summed E-state index contributed by atoms with van der Waals surface area (Å²) in [6.07, 6.45) is 3.68. The molecular formula is C29H29N5O3S2. The first-order valence-electron chi connectivity index (χ1n) is 12.9. The van der Waals surface area contributed by atoms with E-state index in [4.69, 9.17) is 16.2 Å². The van der Waals surface area contributed by atoms with Gasteiger partial charge in [0.05, 0.1) is 17.9 Å². The molecule has 0 atom stereocenters. The molecule has 0 fully saturated rings. The number of nitriles is 1. The Kier molecular flexibility index (Phi) is 7.30. The van der Waals surface area contributed by atoms with E-state index in [0.29, 0.717) is 32.3 Å². The van der Waals surface area contributed by atoms with Crippen LogP contribution in [0.3, 0.4) is 0 Å². The maximum atomic E-state index is 13.6. The van der Waals surface area contributed by atoms with Crippen molar-refractivity contribution in [2.45, 2.75) is 52.4 Å². The molecule has 4 aromatic rings. The Morgan fingerprint density at radius 3 is 2.54 bits per heavy atom. The zero-order valence-electron chi connectivity index (χ0n) is 22.0. The minimum Gasteiger partial charge on any atom is -0.462 e. The molecule has 1 amide bonds. The van der Waals surface area contributed by atoms with E-state index in [1.807, 2.05) is 24.3 Å². The summed E-state index contributed by atoms with van der Waals surface area (Å²) in [6.45, 7) is 6.22. The number of anilines is 3. The number of hydrogen-bond acceptors (Lipinski definition) is 9. The first-order chi connectivity index (χ1) is 18.7. The SMILES string of the molecule is CCOC(=O)c1c(NC(=O)c2sc3nc(N)c(C#N)c(-c4ccc(C(C)C)cc4)c3c2N)sc2c1CCCC2. The van der Waals surface area contributed by atoms with Crippen molar-refractivity contribution in [1.29, 1.82) is 5.26 Å². The smallest absolute Gasteiger partial charge is 0.341 e. The van der Waals surface area contributed by atoms with E-state index >= 15 is 0 Å². The van der Waals surface area contributed by atoms with Gasteiger partial charge < -0.3 is 21.5 Å². The van der Waals surface area contributed by atoms with Gasteiger partial charge in [-0.3, -0.25) is 4.79 Å². The van der Waals surface area contributed by atoms with Gasteiger partial charge in [0.15, 0.2) is 0 Å². The summed E-state index contributed by atoms with van der Waals surface area (Å²) in [4.78, 5) is 32.7. The average molecular weight is 560 g/mol. The van der Waals surface area contributed by atoms with E-state index in [0.717, 1.165) is 58.6 Å². The number of amides is 1. The van der Waals surface area contributed by atoms with Crippen LogP contribution >= 0.6 is 22.7 Å². The van der Waals surface area contributed by atoms with Crippen molar-refractivity contribution >= 4 is 61.3 Å². The number of hydrogen-bond donors (Lipinski definition) is 3. The van der Waals surface area contributed by atoms with Crippen LogP contribution in [0.15, 0.2) is 24.3 Å². The number of pyridine rings is 1. The normalized spacial score (nSPS) is 12.8. The van der Waals surface area contributed by atoms with Gasteiger partial charge in [-0.25, -0.2) is 9.78 Å². The van der Waals surface area contributed by atoms with Crippen molar-refractivity contribution in [3.05, 3.63) is 56.3 Å². The first-order valence-corrected chi connectivity index (χ1v) is 14.5. The summed E-state index contributed by atoms with van der Waals surface area (Å²) in [5.41, 5.74) is 17.1. The molecule has 5 rings (SSSR count). The molecule has 39 heavy (non-hydrogen) atoms. The predicted molar refractivity (Wildman–Crippen MR) is 158 cm³/mol. The number of aromatic nitrogens is 1. The maximum Gasteiger partial charge on any atom is 0.341 e. The quantitative estimate of drug-likeness (QED) is 0.229. The summed E-state index contributed by atoms with van der Waals surface area (Å²) in [6, 6.07) is 10.1. The third-order valence-electron chi connectivity index (χ3n) is 6.97. The molecule has 1 aromatic carbocycles. The lowest BCUT2D eigenvalue weighted by Crippen LogP contribution is -2.15. The highest BCUT2D eigenvalue weighted by Gasteiger charge is 2.29. The fourth-order valence-corrected chi connectivity index (χ4v) is 7.29. The lowest BCUT2D eigenvalue weighted by molar-refractivity contribution is 0.0526. The third-order valence-corrected chi connectivity index (χ3v) is 9.27. The number of aryl methyl sites for hydroxylation is 1. The van der Waals surface area contributed by atoms with Gasteiger partial charge in [0.2, 0.25) is 0 Å². The minimum atomic E-state index is -0.446. The van der Waals surface area contributed by atoms with Crippen LogP contribution in [0.25, 0.3) is 21.3 Å².